The van der Waals surface area contributed by atoms with Gasteiger partial charge in [0.25, 0.3) is 0 Å². The predicted octanol–water partition coefficient (Wildman–Crippen LogP) is 3.63. The molecule has 1 nitrogen and oxygen atoms in total. The standard InChI is InChI=1S/C12H14BrN.ClH/c1-2-4-12-10-5-3-6-11(13)9(10)7-8-14-12;/h2-3,5-6,12,14H,1,4,7-8H2;1H. The fraction of sp³-hybridized carbons (Fsp3) is 0.333. The molecule has 1 aliphatic rings. The topological polar surface area (TPSA) is 12.0 Å². The highest BCUT2D eigenvalue weighted by atomic mass is 79.9. The van der Waals surface area contributed by atoms with Gasteiger partial charge < -0.3 is 5.32 Å². The first-order valence-electron chi connectivity index (χ1n) is 4.94. The van der Waals surface area contributed by atoms with Gasteiger partial charge in [0.15, 0.2) is 0 Å². The van der Waals surface area contributed by atoms with Gasteiger partial charge in [0, 0.05) is 10.5 Å². The van der Waals surface area contributed by atoms with E-state index in [1.807, 2.05) is 6.08 Å². The van der Waals surface area contributed by atoms with Crippen molar-refractivity contribution in [2.45, 2.75) is 18.9 Å². The molecule has 1 aromatic carbocycles. The Morgan fingerprint density at radius 3 is 3.07 bits per heavy atom. The molecule has 0 fully saturated rings. The van der Waals surface area contributed by atoms with E-state index in [1.54, 1.807) is 0 Å². The van der Waals surface area contributed by atoms with Gasteiger partial charge in [-0.3, -0.25) is 0 Å². The van der Waals surface area contributed by atoms with Crippen LogP contribution >= 0.6 is 28.3 Å². The van der Waals surface area contributed by atoms with Crippen molar-refractivity contribution >= 4 is 28.3 Å². The summed E-state index contributed by atoms with van der Waals surface area (Å²) in [6.07, 6.45) is 4.10. The first kappa shape index (κ1) is 12.8. The molecule has 15 heavy (non-hydrogen) atoms. The summed E-state index contributed by atoms with van der Waals surface area (Å²) >= 11 is 3.61. The predicted molar refractivity (Wildman–Crippen MR) is 70.7 cm³/mol. The van der Waals surface area contributed by atoms with E-state index in [2.05, 4.69) is 46.0 Å². The van der Waals surface area contributed by atoms with Gasteiger partial charge in [-0.15, -0.1) is 19.0 Å². The lowest BCUT2D eigenvalue weighted by Crippen LogP contribution is -2.29. The second kappa shape index (κ2) is 5.69. The molecule has 0 saturated heterocycles. The van der Waals surface area contributed by atoms with E-state index in [1.165, 1.54) is 15.6 Å². The van der Waals surface area contributed by atoms with Crippen LogP contribution in [-0.4, -0.2) is 6.54 Å². The molecule has 1 atom stereocenters. The Labute approximate surface area is 105 Å². The third-order valence-electron chi connectivity index (χ3n) is 2.70. The number of benzene rings is 1. The van der Waals surface area contributed by atoms with Gasteiger partial charge in [-0.1, -0.05) is 34.1 Å². The molecule has 0 radical (unpaired) electrons. The van der Waals surface area contributed by atoms with Crippen LogP contribution in [0.5, 0.6) is 0 Å². The Kier molecular flexibility index (Phi) is 4.84. The zero-order valence-electron chi connectivity index (χ0n) is 8.50. The second-order valence-corrected chi connectivity index (χ2v) is 4.44. The van der Waals surface area contributed by atoms with Crippen LogP contribution < -0.4 is 5.32 Å². The lowest BCUT2D eigenvalue weighted by atomic mass is 9.93. The first-order valence-corrected chi connectivity index (χ1v) is 5.74. The molecule has 1 aromatic rings. The minimum absolute atomic E-state index is 0. The lowest BCUT2D eigenvalue weighted by molar-refractivity contribution is 0.509. The Hall–Kier alpha value is -0.310. The monoisotopic (exact) mass is 287 g/mol. The molecule has 1 unspecified atom stereocenters. The van der Waals surface area contributed by atoms with Crippen molar-refractivity contribution in [1.29, 1.82) is 0 Å². The molecule has 0 spiro atoms. The SMILES string of the molecule is C=CCC1NCCc2c(Br)cccc21.Cl. The van der Waals surface area contributed by atoms with Crippen molar-refractivity contribution < 1.29 is 0 Å². The molecule has 0 saturated carbocycles. The Morgan fingerprint density at radius 2 is 2.33 bits per heavy atom. The molecule has 82 valence electrons. The highest BCUT2D eigenvalue weighted by molar-refractivity contribution is 9.10. The number of hydrogen-bond donors (Lipinski definition) is 1. The van der Waals surface area contributed by atoms with Crippen molar-refractivity contribution in [3.05, 3.63) is 46.5 Å². The van der Waals surface area contributed by atoms with Crippen LogP contribution in [0.1, 0.15) is 23.6 Å². The fourth-order valence-electron chi connectivity index (χ4n) is 2.02. The third kappa shape index (κ3) is 2.63. The van der Waals surface area contributed by atoms with Crippen molar-refractivity contribution in [2.75, 3.05) is 6.54 Å². The molecular formula is C12H15BrClN. The molecular weight excluding hydrogens is 273 g/mol. The highest BCUT2D eigenvalue weighted by Gasteiger charge is 2.19. The van der Waals surface area contributed by atoms with Gasteiger partial charge >= 0.3 is 0 Å². The van der Waals surface area contributed by atoms with E-state index in [9.17, 15) is 0 Å². The maximum Gasteiger partial charge on any atom is 0.0358 e. The number of nitrogens with one attached hydrogen (secondary N) is 1. The van der Waals surface area contributed by atoms with E-state index in [0.717, 1.165) is 19.4 Å². The van der Waals surface area contributed by atoms with Crippen molar-refractivity contribution in [3.63, 3.8) is 0 Å². The van der Waals surface area contributed by atoms with E-state index in [0.29, 0.717) is 6.04 Å². The maximum atomic E-state index is 3.80. The van der Waals surface area contributed by atoms with Crippen molar-refractivity contribution in [3.8, 4) is 0 Å². The van der Waals surface area contributed by atoms with E-state index < -0.39 is 0 Å². The minimum Gasteiger partial charge on any atom is -0.309 e. The first-order chi connectivity index (χ1) is 6.83. The van der Waals surface area contributed by atoms with E-state index in [4.69, 9.17) is 0 Å². The normalized spacial score (nSPS) is 18.9. The molecule has 0 bridgehead atoms. The lowest BCUT2D eigenvalue weighted by Gasteiger charge is -2.26. The van der Waals surface area contributed by atoms with Crippen LogP contribution in [0.2, 0.25) is 0 Å². The van der Waals surface area contributed by atoms with E-state index >= 15 is 0 Å². The fourth-order valence-corrected chi connectivity index (χ4v) is 2.60. The summed E-state index contributed by atoms with van der Waals surface area (Å²) in [7, 11) is 0. The smallest absolute Gasteiger partial charge is 0.0358 e. The summed E-state index contributed by atoms with van der Waals surface area (Å²) in [4.78, 5) is 0. The molecule has 0 amide bonds. The van der Waals surface area contributed by atoms with Crippen LogP contribution in [0, 0.1) is 0 Å². The van der Waals surface area contributed by atoms with Crippen LogP contribution in [0.15, 0.2) is 35.3 Å². The summed E-state index contributed by atoms with van der Waals surface area (Å²) in [5.41, 5.74) is 2.88. The summed E-state index contributed by atoms with van der Waals surface area (Å²) in [6.45, 7) is 4.86. The average Bonchev–Trinajstić information content (AvgIpc) is 2.20. The Morgan fingerprint density at radius 1 is 1.53 bits per heavy atom. The maximum absolute atomic E-state index is 3.80. The van der Waals surface area contributed by atoms with Gasteiger partial charge in [-0.05, 0) is 36.6 Å². The van der Waals surface area contributed by atoms with Gasteiger partial charge in [-0.25, -0.2) is 0 Å². The molecule has 2 rings (SSSR count). The van der Waals surface area contributed by atoms with Crippen molar-refractivity contribution in [2.24, 2.45) is 0 Å². The summed E-state index contributed by atoms with van der Waals surface area (Å²) in [5, 5.41) is 3.51. The van der Waals surface area contributed by atoms with Gasteiger partial charge in [0.2, 0.25) is 0 Å². The van der Waals surface area contributed by atoms with Gasteiger partial charge in [-0.2, -0.15) is 0 Å². The number of fused-ring (bicyclic) bond motifs is 1. The Balaban J connectivity index is 0.00000112. The third-order valence-corrected chi connectivity index (χ3v) is 3.44. The Bertz CT molecular complexity index is 351. The number of rotatable bonds is 2. The van der Waals surface area contributed by atoms with Crippen LogP contribution in [0.4, 0.5) is 0 Å². The zero-order valence-corrected chi connectivity index (χ0v) is 10.9. The molecule has 1 N–H and O–H groups in total. The van der Waals surface area contributed by atoms with Crippen LogP contribution in [0.3, 0.4) is 0 Å². The summed E-state index contributed by atoms with van der Waals surface area (Å²) in [6, 6.07) is 6.88. The zero-order chi connectivity index (χ0) is 9.97. The van der Waals surface area contributed by atoms with Gasteiger partial charge in [0.05, 0.1) is 0 Å². The number of hydrogen-bond acceptors (Lipinski definition) is 1. The highest BCUT2D eigenvalue weighted by Crippen LogP contribution is 2.30. The summed E-state index contributed by atoms with van der Waals surface area (Å²) in [5.74, 6) is 0. The minimum atomic E-state index is 0. The quantitative estimate of drug-likeness (QED) is 0.820. The second-order valence-electron chi connectivity index (χ2n) is 3.59. The van der Waals surface area contributed by atoms with E-state index in [-0.39, 0.29) is 12.4 Å². The largest absolute Gasteiger partial charge is 0.309 e. The molecule has 0 aliphatic carbocycles. The number of halogens is 2. The molecule has 3 heteroatoms. The van der Waals surface area contributed by atoms with Crippen LogP contribution in [0.25, 0.3) is 0 Å². The van der Waals surface area contributed by atoms with Crippen molar-refractivity contribution in [1.82, 2.24) is 5.32 Å². The molecule has 0 aromatic heterocycles. The molecule has 1 heterocycles. The van der Waals surface area contributed by atoms with Crippen LogP contribution in [-0.2, 0) is 6.42 Å². The summed E-state index contributed by atoms with van der Waals surface area (Å²) < 4.78 is 1.24. The van der Waals surface area contributed by atoms with Gasteiger partial charge in [0.1, 0.15) is 0 Å². The molecule has 1 aliphatic heterocycles. The average molecular weight is 289 g/mol.